The second-order valence-corrected chi connectivity index (χ2v) is 8.37. The van der Waals surface area contributed by atoms with Gasteiger partial charge in [-0.3, -0.25) is 4.79 Å². The summed E-state index contributed by atoms with van der Waals surface area (Å²) >= 11 is 0. The van der Waals surface area contributed by atoms with E-state index >= 15 is 0 Å². The van der Waals surface area contributed by atoms with E-state index in [-0.39, 0.29) is 12.1 Å². The molecular weight excluding hydrogens is 352 g/mol. The van der Waals surface area contributed by atoms with Crippen molar-refractivity contribution in [1.29, 1.82) is 0 Å². The Balaban J connectivity index is 1.88. The Morgan fingerprint density at radius 2 is 1.82 bits per heavy atom. The minimum atomic E-state index is -0.328. The maximum absolute atomic E-state index is 12.6. The maximum Gasteiger partial charge on any atom is 0.256 e. The van der Waals surface area contributed by atoms with E-state index in [9.17, 15) is 4.79 Å². The van der Waals surface area contributed by atoms with Crippen molar-refractivity contribution in [3.05, 3.63) is 23.2 Å². The molecule has 28 heavy (non-hydrogen) atoms. The summed E-state index contributed by atoms with van der Waals surface area (Å²) in [4.78, 5) is 12.6. The third-order valence-corrected chi connectivity index (χ3v) is 5.71. The molecule has 2 atom stereocenters. The zero-order valence-electron chi connectivity index (χ0n) is 17.6. The minimum absolute atomic E-state index is 0.276. The molecule has 2 saturated carbocycles. The van der Waals surface area contributed by atoms with Crippen LogP contribution in [-0.2, 0) is 4.79 Å². The molecule has 7 nitrogen and oxygen atoms in total. The number of amides is 1. The van der Waals surface area contributed by atoms with Gasteiger partial charge in [0.05, 0.1) is 11.7 Å². The van der Waals surface area contributed by atoms with Gasteiger partial charge in [-0.15, -0.1) is 0 Å². The van der Waals surface area contributed by atoms with Gasteiger partial charge in [-0.1, -0.05) is 26.2 Å². The second kappa shape index (κ2) is 11.3. The second-order valence-electron chi connectivity index (χ2n) is 8.37. The summed E-state index contributed by atoms with van der Waals surface area (Å²) in [6.45, 7) is 4.65. The zero-order valence-corrected chi connectivity index (χ0v) is 17.6. The molecule has 0 saturated heterocycles. The van der Waals surface area contributed by atoms with Crippen LogP contribution in [0.1, 0.15) is 71.6 Å². The Morgan fingerprint density at radius 1 is 1.14 bits per heavy atom. The van der Waals surface area contributed by atoms with E-state index in [1.54, 1.807) is 13.0 Å². The Kier molecular flexibility index (Phi) is 9.12. The predicted molar refractivity (Wildman–Crippen MR) is 115 cm³/mol. The first-order valence-electron chi connectivity index (χ1n) is 10.9. The van der Waals surface area contributed by atoms with Crippen LogP contribution in [-0.4, -0.2) is 30.7 Å². The smallest absolute Gasteiger partial charge is 0.256 e. The third-order valence-electron chi connectivity index (χ3n) is 5.71. The van der Waals surface area contributed by atoms with Crippen LogP contribution < -0.4 is 33.2 Å². The Morgan fingerprint density at radius 3 is 2.39 bits per heavy atom. The van der Waals surface area contributed by atoms with Crippen molar-refractivity contribution < 1.29 is 4.79 Å². The Bertz CT molecular complexity index is 559. The van der Waals surface area contributed by atoms with Gasteiger partial charge in [0, 0.05) is 24.3 Å². The number of nitrogens with two attached hydrogens (primary N) is 3. The van der Waals surface area contributed by atoms with Crippen LogP contribution in [0.4, 0.5) is 0 Å². The molecule has 1 amide bonds. The fourth-order valence-corrected chi connectivity index (χ4v) is 3.78. The molecule has 0 heterocycles. The van der Waals surface area contributed by atoms with Crippen LogP contribution in [0.15, 0.2) is 23.2 Å². The van der Waals surface area contributed by atoms with Gasteiger partial charge in [-0.05, 0) is 57.4 Å². The van der Waals surface area contributed by atoms with E-state index in [1.165, 1.54) is 32.1 Å². The summed E-state index contributed by atoms with van der Waals surface area (Å²) < 4.78 is 0. The third kappa shape index (κ3) is 7.72. The van der Waals surface area contributed by atoms with Gasteiger partial charge in [0.15, 0.2) is 0 Å². The van der Waals surface area contributed by atoms with E-state index in [1.807, 2.05) is 0 Å². The largest absolute Gasteiger partial charge is 0.402 e. The van der Waals surface area contributed by atoms with Crippen molar-refractivity contribution in [2.45, 2.75) is 89.9 Å². The van der Waals surface area contributed by atoms with E-state index < -0.39 is 0 Å². The number of nitrogens with one attached hydrogen (secondary N) is 3. The SMILES string of the molecule is CCC(CCN/C(N)=C(/C=C(/C)N)C(=O)NC(N)C1CC1)NC1CCCCC1. The molecule has 0 bridgehead atoms. The van der Waals surface area contributed by atoms with Gasteiger partial charge in [0.2, 0.25) is 0 Å². The standard InChI is InChI=1S/C21H40N6O/c1-3-16(26-17-7-5-4-6-8-17)11-12-25-20(24)18(13-14(2)22)21(28)27-19(23)15-9-10-15/h13,15-17,19,25-26H,3-12,22-24H2,1-2H3,(H,27,28)/b14-13-,20-18-. The lowest BCUT2D eigenvalue weighted by Crippen LogP contribution is -2.45. The molecule has 2 aliphatic rings. The fraction of sp³-hybridized carbons (Fsp3) is 0.762. The van der Waals surface area contributed by atoms with E-state index in [4.69, 9.17) is 17.2 Å². The first-order chi connectivity index (χ1) is 13.4. The molecule has 9 N–H and O–H groups in total. The fourth-order valence-electron chi connectivity index (χ4n) is 3.78. The normalized spacial score (nSPS) is 21.6. The van der Waals surface area contributed by atoms with Crippen molar-refractivity contribution in [2.75, 3.05) is 6.54 Å². The van der Waals surface area contributed by atoms with Crippen LogP contribution >= 0.6 is 0 Å². The summed E-state index contributed by atoms with van der Waals surface area (Å²) in [6.07, 6.45) is 12.0. The lowest BCUT2D eigenvalue weighted by atomic mass is 9.94. The highest BCUT2D eigenvalue weighted by Crippen LogP contribution is 2.30. The van der Waals surface area contributed by atoms with Crippen LogP contribution in [0.3, 0.4) is 0 Å². The number of hydrogen-bond acceptors (Lipinski definition) is 6. The lowest BCUT2D eigenvalue weighted by Gasteiger charge is -2.28. The average Bonchev–Trinajstić information content (AvgIpc) is 3.51. The van der Waals surface area contributed by atoms with Crippen LogP contribution in [0.5, 0.6) is 0 Å². The molecule has 0 spiro atoms. The summed E-state index contributed by atoms with van der Waals surface area (Å²) in [6, 6.07) is 1.09. The number of rotatable bonds is 11. The topological polar surface area (TPSA) is 131 Å². The summed E-state index contributed by atoms with van der Waals surface area (Å²) in [5.74, 6) is 0.442. The predicted octanol–water partition coefficient (Wildman–Crippen LogP) is 1.51. The van der Waals surface area contributed by atoms with E-state index in [0.29, 0.717) is 41.6 Å². The molecule has 0 aromatic carbocycles. The van der Waals surface area contributed by atoms with Gasteiger partial charge in [-0.25, -0.2) is 0 Å². The molecule has 2 rings (SSSR count). The number of allylic oxidation sites excluding steroid dienone is 1. The summed E-state index contributed by atoms with van der Waals surface area (Å²) in [7, 11) is 0. The van der Waals surface area contributed by atoms with Crippen LogP contribution in [0.25, 0.3) is 0 Å². The van der Waals surface area contributed by atoms with Gasteiger partial charge >= 0.3 is 0 Å². The molecule has 0 aromatic rings. The molecule has 2 aliphatic carbocycles. The van der Waals surface area contributed by atoms with Crippen molar-refractivity contribution >= 4 is 5.91 Å². The van der Waals surface area contributed by atoms with E-state index in [2.05, 4.69) is 22.9 Å². The lowest BCUT2D eigenvalue weighted by molar-refractivity contribution is -0.118. The van der Waals surface area contributed by atoms with Gasteiger partial charge in [-0.2, -0.15) is 0 Å². The maximum atomic E-state index is 12.6. The molecule has 2 fully saturated rings. The first-order valence-corrected chi connectivity index (χ1v) is 10.9. The molecular formula is C21H40N6O. The van der Waals surface area contributed by atoms with Crippen molar-refractivity contribution in [1.82, 2.24) is 16.0 Å². The average molecular weight is 393 g/mol. The van der Waals surface area contributed by atoms with Gasteiger partial charge in [0.25, 0.3) is 5.91 Å². The van der Waals surface area contributed by atoms with Crippen LogP contribution in [0, 0.1) is 5.92 Å². The number of hydrogen-bond donors (Lipinski definition) is 6. The molecule has 0 radical (unpaired) electrons. The Labute approximate surface area is 169 Å². The summed E-state index contributed by atoms with van der Waals surface area (Å²) in [5.41, 5.74) is 18.9. The highest BCUT2D eigenvalue weighted by Gasteiger charge is 2.30. The monoisotopic (exact) mass is 392 g/mol. The first kappa shape index (κ1) is 22.6. The molecule has 0 aliphatic heterocycles. The summed E-state index contributed by atoms with van der Waals surface area (Å²) in [5, 5.41) is 9.83. The van der Waals surface area contributed by atoms with Crippen molar-refractivity contribution in [3.8, 4) is 0 Å². The molecule has 2 unspecified atom stereocenters. The quantitative estimate of drug-likeness (QED) is 0.179. The van der Waals surface area contributed by atoms with Crippen LogP contribution in [0.2, 0.25) is 0 Å². The highest BCUT2D eigenvalue weighted by atomic mass is 16.1. The van der Waals surface area contributed by atoms with Crippen molar-refractivity contribution in [2.24, 2.45) is 23.1 Å². The Hall–Kier alpha value is -1.73. The minimum Gasteiger partial charge on any atom is -0.402 e. The number of carbonyl (C=O) groups is 1. The van der Waals surface area contributed by atoms with Gasteiger partial charge in [0.1, 0.15) is 5.82 Å². The molecule has 0 aromatic heterocycles. The molecule has 7 heteroatoms. The van der Waals surface area contributed by atoms with Crippen molar-refractivity contribution in [3.63, 3.8) is 0 Å². The van der Waals surface area contributed by atoms with E-state index in [0.717, 1.165) is 25.7 Å². The molecule has 160 valence electrons. The highest BCUT2D eigenvalue weighted by molar-refractivity contribution is 5.97. The van der Waals surface area contributed by atoms with Gasteiger partial charge < -0.3 is 33.2 Å². The number of carbonyl (C=O) groups excluding carboxylic acids is 1. The zero-order chi connectivity index (χ0) is 20.5.